The summed E-state index contributed by atoms with van der Waals surface area (Å²) in [5.74, 6) is 0.0346. The summed E-state index contributed by atoms with van der Waals surface area (Å²) in [5, 5.41) is 4.35. The molecule has 1 aromatic carbocycles. The molecule has 4 rings (SSSR count). The fourth-order valence-corrected chi connectivity index (χ4v) is 3.29. The lowest BCUT2D eigenvalue weighted by molar-refractivity contribution is -0.129. The molecule has 1 amide bonds. The Labute approximate surface area is 146 Å². The number of rotatable bonds is 3. The van der Waals surface area contributed by atoms with Crippen LogP contribution in [0.3, 0.4) is 0 Å². The van der Waals surface area contributed by atoms with Crippen LogP contribution >= 0.6 is 0 Å². The summed E-state index contributed by atoms with van der Waals surface area (Å²) in [6.45, 7) is 3.65. The predicted molar refractivity (Wildman–Crippen MR) is 97.2 cm³/mol. The standard InChI is InChI=1S/C20H20N4O/c1-16-19-8-5-11-22(19)12-13-23(16)20(25)10-9-17-14-21-24(15-17)18-6-3-2-4-7-18/h2-11,14-16H,12-13H2,1H3/b10-9-/t16-/m1/s1. The molecule has 5 heteroatoms. The molecule has 2 aromatic heterocycles. The minimum Gasteiger partial charge on any atom is -0.348 e. The number of carbonyl (C=O) groups is 1. The van der Waals surface area contributed by atoms with Crippen molar-refractivity contribution in [2.75, 3.05) is 6.54 Å². The van der Waals surface area contributed by atoms with Gasteiger partial charge >= 0.3 is 0 Å². The Hall–Kier alpha value is -3.08. The Morgan fingerprint density at radius 1 is 1.16 bits per heavy atom. The third kappa shape index (κ3) is 3.01. The SMILES string of the molecule is C[C@@H]1c2cccn2CCN1C(=O)/C=C\c1cnn(-c2ccccc2)c1. The third-order valence-electron chi connectivity index (χ3n) is 4.67. The van der Waals surface area contributed by atoms with Crippen LogP contribution < -0.4 is 0 Å². The normalized spacial score (nSPS) is 17.0. The van der Waals surface area contributed by atoms with E-state index < -0.39 is 0 Å². The number of benzene rings is 1. The highest BCUT2D eigenvalue weighted by molar-refractivity contribution is 5.92. The van der Waals surface area contributed by atoms with Gasteiger partial charge in [0.1, 0.15) is 0 Å². The predicted octanol–water partition coefficient (Wildman–Crippen LogP) is 3.29. The number of para-hydroxylation sites is 1. The zero-order valence-electron chi connectivity index (χ0n) is 14.1. The second-order valence-corrected chi connectivity index (χ2v) is 6.22. The summed E-state index contributed by atoms with van der Waals surface area (Å²) in [6.07, 6.45) is 9.23. The van der Waals surface area contributed by atoms with Crippen LogP contribution in [-0.4, -0.2) is 31.7 Å². The fourth-order valence-electron chi connectivity index (χ4n) is 3.29. The summed E-state index contributed by atoms with van der Waals surface area (Å²) < 4.78 is 4.02. The molecule has 5 nitrogen and oxygen atoms in total. The van der Waals surface area contributed by atoms with Crippen LogP contribution in [0.5, 0.6) is 0 Å². The van der Waals surface area contributed by atoms with Crippen LogP contribution in [0, 0.1) is 0 Å². The molecule has 1 aliphatic heterocycles. The summed E-state index contributed by atoms with van der Waals surface area (Å²) in [4.78, 5) is 14.5. The molecule has 3 heterocycles. The quantitative estimate of drug-likeness (QED) is 0.691. The molecule has 0 saturated carbocycles. The molecule has 1 atom stereocenters. The van der Waals surface area contributed by atoms with Gasteiger partial charge in [0.2, 0.25) is 5.91 Å². The van der Waals surface area contributed by atoms with Crippen molar-refractivity contribution in [3.63, 3.8) is 0 Å². The maximum absolute atomic E-state index is 12.6. The molecule has 3 aromatic rings. The van der Waals surface area contributed by atoms with E-state index >= 15 is 0 Å². The Kier molecular flexibility index (Phi) is 3.98. The van der Waals surface area contributed by atoms with Gasteiger partial charge in [-0.1, -0.05) is 18.2 Å². The van der Waals surface area contributed by atoms with Gasteiger partial charge in [0, 0.05) is 42.8 Å². The molecule has 0 N–H and O–H groups in total. The average Bonchev–Trinajstić information content (AvgIpc) is 3.30. The van der Waals surface area contributed by atoms with E-state index in [1.54, 1.807) is 17.0 Å². The fraction of sp³-hybridized carbons (Fsp3) is 0.200. The zero-order valence-corrected chi connectivity index (χ0v) is 14.1. The van der Waals surface area contributed by atoms with E-state index in [0.29, 0.717) is 0 Å². The largest absolute Gasteiger partial charge is 0.348 e. The molecule has 0 aliphatic carbocycles. The van der Waals surface area contributed by atoms with Gasteiger partial charge in [0.05, 0.1) is 17.9 Å². The summed E-state index contributed by atoms with van der Waals surface area (Å²) in [5.41, 5.74) is 3.09. The van der Waals surface area contributed by atoms with Gasteiger partial charge in [-0.3, -0.25) is 4.79 Å². The molecule has 1 aliphatic rings. The summed E-state index contributed by atoms with van der Waals surface area (Å²) >= 11 is 0. The van der Waals surface area contributed by atoms with Crippen LogP contribution in [-0.2, 0) is 11.3 Å². The van der Waals surface area contributed by atoms with E-state index in [9.17, 15) is 4.79 Å². The second-order valence-electron chi connectivity index (χ2n) is 6.22. The van der Waals surface area contributed by atoms with Crippen LogP contribution in [0.25, 0.3) is 11.8 Å². The van der Waals surface area contributed by atoms with Gasteiger partial charge < -0.3 is 9.47 Å². The van der Waals surface area contributed by atoms with E-state index in [0.717, 1.165) is 24.3 Å². The third-order valence-corrected chi connectivity index (χ3v) is 4.67. The number of nitrogens with zero attached hydrogens (tertiary/aromatic N) is 4. The Morgan fingerprint density at radius 3 is 2.84 bits per heavy atom. The van der Waals surface area contributed by atoms with Gasteiger partial charge in [-0.05, 0) is 37.3 Å². The molecular formula is C20H20N4O. The first kappa shape index (κ1) is 15.4. The average molecular weight is 332 g/mol. The van der Waals surface area contributed by atoms with E-state index in [4.69, 9.17) is 0 Å². The maximum atomic E-state index is 12.6. The van der Waals surface area contributed by atoms with Crippen molar-refractivity contribution in [2.24, 2.45) is 0 Å². The van der Waals surface area contributed by atoms with Crippen LogP contribution in [0.2, 0.25) is 0 Å². The van der Waals surface area contributed by atoms with Crippen molar-refractivity contribution in [1.29, 1.82) is 0 Å². The van der Waals surface area contributed by atoms with Crippen molar-refractivity contribution < 1.29 is 4.79 Å². The number of hydrogen-bond donors (Lipinski definition) is 0. The van der Waals surface area contributed by atoms with E-state index in [1.807, 2.05) is 53.6 Å². The minimum atomic E-state index is 0.0346. The molecule has 0 unspecified atom stereocenters. The molecule has 0 saturated heterocycles. The number of hydrogen-bond acceptors (Lipinski definition) is 2. The van der Waals surface area contributed by atoms with Crippen LogP contribution in [0.15, 0.2) is 67.1 Å². The molecule has 25 heavy (non-hydrogen) atoms. The van der Waals surface area contributed by atoms with E-state index in [-0.39, 0.29) is 11.9 Å². The van der Waals surface area contributed by atoms with Gasteiger partial charge in [0.15, 0.2) is 0 Å². The zero-order chi connectivity index (χ0) is 17.2. The first-order chi connectivity index (χ1) is 12.2. The number of amides is 1. The highest BCUT2D eigenvalue weighted by Gasteiger charge is 2.25. The molecule has 0 spiro atoms. The minimum absolute atomic E-state index is 0.0346. The lowest BCUT2D eigenvalue weighted by Gasteiger charge is -2.34. The first-order valence-electron chi connectivity index (χ1n) is 8.46. The lowest BCUT2D eigenvalue weighted by atomic mass is 10.1. The number of carbonyl (C=O) groups excluding carboxylic acids is 1. The van der Waals surface area contributed by atoms with Crippen molar-refractivity contribution >= 4 is 12.0 Å². The number of fused-ring (bicyclic) bond motifs is 1. The Balaban J connectivity index is 1.47. The van der Waals surface area contributed by atoms with Crippen LogP contribution in [0.4, 0.5) is 0 Å². The molecule has 0 fully saturated rings. The molecule has 0 bridgehead atoms. The van der Waals surface area contributed by atoms with E-state index in [1.165, 1.54) is 5.69 Å². The van der Waals surface area contributed by atoms with Crippen molar-refractivity contribution in [1.82, 2.24) is 19.2 Å². The highest BCUT2D eigenvalue weighted by atomic mass is 16.2. The smallest absolute Gasteiger partial charge is 0.247 e. The first-order valence-corrected chi connectivity index (χ1v) is 8.46. The Bertz CT molecular complexity index is 907. The summed E-state index contributed by atoms with van der Waals surface area (Å²) in [6, 6.07) is 14.1. The van der Waals surface area contributed by atoms with Crippen LogP contribution in [0.1, 0.15) is 24.2 Å². The van der Waals surface area contributed by atoms with Gasteiger partial charge in [-0.2, -0.15) is 5.10 Å². The van der Waals surface area contributed by atoms with Crippen molar-refractivity contribution in [2.45, 2.75) is 19.5 Å². The molecule has 0 radical (unpaired) electrons. The monoisotopic (exact) mass is 332 g/mol. The van der Waals surface area contributed by atoms with Gasteiger partial charge in [-0.15, -0.1) is 0 Å². The molecular weight excluding hydrogens is 312 g/mol. The Morgan fingerprint density at radius 2 is 2.00 bits per heavy atom. The second kappa shape index (κ2) is 6.43. The highest BCUT2D eigenvalue weighted by Crippen LogP contribution is 2.25. The topological polar surface area (TPSA) is 43.1 Å². The van der Waals surface area contributed by atoms with Crippen molar-refractivity contribution in [3.8, 4) is 5.69 Å². The van der Waals surface area contributed by atoms with Gasteiger partial charge in [-0.25, -0.2) is 4.68 Å². The number of aromatic nitrogens is 3. The lowest BCUT2D eigenvalue weighted by Crippen LogP contribution is -2.39. The molecule has 126 valence electrons. The van der Waals surface area contributed by atoms with E-state index in [2.05, 4.69) is 28.9 Å². The summed E-state index contributed by atoms with van der Waals surface area (Å²) in [7, 11) is 0. The van der Waals surface area contributed by atoms with Gasteiger partial charge in [0.25, 0.3) is 0 Å². The maximum Gasteiger partial charge on any atom is 0.247 e. The van der Waals surface area contributed by atoms with Crippen molar-refractivity contribution in [3.05, 3.63) is 78.4 Å².